The van der Waals surface area contributed by atoms with Gasteiger partial charge in [0.1, 0.15) is 5.75 Å². The monoisotopic (exact) mass is 375 g/mol. The van der Waals surface area contributed by atoms with E-state index in [1.54, 1.807) is 23.5 Å². The van der Waals surface area contributed by atoms with Crippen LogP contribution in [0.5, 0.6) is 5.75 Å². The molecule has 0 saturated carbocycles. The number of carbonyl (C=O) groups excluding carboxylic acids is 1. The van der Waals surface area contributed by atoms with Gasteiger partial charge >= 0.3 is 0 Å². The highest BCUT2D eigenvalue weighted by atomic mass is 32.1. The lowest BCUT2D eigenvalue weighted by Crippen LogP contribution is -2.05. The number of nitrogens with zero attached hydrogens (tertiary/aromatic N) is 1. The number of ketones is 1. The highest BCUT2D eigenvalue weighted by molar-refractivity contribution is 7.09. The number of Topliss-reactive ketones (excluding diaryl/α,β-unsaturated/α-hetero) is 1. The summed E-state index contributed by atoms with van der Waals surface area (Å²) < 4.78 is 2.18. The Morgan fingerprint density at radius 3 is 2.63 bits per heavy atom. The van der Waals surface area contributed by atoms with Crippen molar-refractivity contribution >= 4 is 28.0 Å². The number of rotatable bonds is 6. The average Bonchev–Trinajstić information content (AvgIpc) is 3.28. The molecule has 0 fully saturated rings. The van der Waals surface area contributed by atoms with Crippen molar-refractivity contribution in [1.82, 2.24) is 4.57 Å². The first-order valence-corrected chi connectivity index (χ1v) is 9.93. The number of aromatic hydroxyl groups is 1. The SMILES string of the molecule is Cc1c(C(=O)CCc2ccccc2)c2cc(O)ccc2n1Cc1cccs1. The van der Waals surface area contributed by atoms with Crippen molar-refractivity contribution in [3.05, 3.63) is 87.7 Å². The van der Waals surface area contributed by atoms with Crippen molar-refractivity contribution in [2.24, 2.45) is 0 Å². The third-order valence-electron chi connectivity index (χ3n) is 4.96. The van der Waals surface area contributed by atoms with E-state index < -0.39 is 0 Å². The lowest BCUT2D eigenvalue weighted by atomic mass is 10.0. The van der Waals surface area contributed by atoms with Gasteiger partial charge in [-0.2, -0.15) is 0 Å². The number of hydrogen-bond acceptors (Lipinski definition) is 3. The van der Waals surface area contributed by atoms with Crippen LogP contribution < -0.4 is 0 Å². The Morgan fingerprint density at radius 1 is 1.07 bits per heavy atom. The third kappa shape index (κ3) is 3.53. The van der Waals surface area contributed by atoms with Crippen molar-refractivity contribution in [3.8, 4) is 5.75 Å². The van der Waals surface area contributed by atoms with Crippen LogP contribution in [0.15, 0.2) is 66.0 Å². The molecule has 2 aromatic carbocycles. The maximum absolute atomic E-state index is 13.1. The Labute approximate surface area is 162 Å². The highest BCUT2D eigenvalue weighted by Crippen LogP contribution is 2.31. The van der Waals surface area contributed by atoms with Gasteiger partial charge in [-0.1, -0.05) is 36.4 Å². The van der Waals surface area contributed by atoms with Crippen LogP contribution in [0.1, 0.15) is 32.9 Å². The number of hydrogen-bond donors (Lipinski definition) is 1. The molecule has 0 bridgehead atoms. The molecule has 0 aliphatic carbocycles. The van der Waals surface area contributed by atoms with Crippen LogP contribution in [0.4, 0.5) is 0 Å². The Kier molecular flexibility index (Phi) is 4.82. The van der Waals surface area contributed by atoms with Crippen LogP contribution in [-0.4, -0.2) is 15.5 Å². The molecule has 3 nitrogen and oxygen atoms in total. The maximum Gasteiger partial charge on any atom is 0.165 e. The van der Waals surface area contributed by atoms with E-state index in [4.69, 9.17) is 0 Å². The molecule has 0 aliphatic heterocycles. The lowest BCUT2D eigenvalue weighted by Gasteiger charge is -2.07. The van der Waals surface area contributed by atoms with Crippen molar-refractivity contribution in [2.75, 3.05) is 0 Å². The van der Waals surface area contributed by atoms with Gasteiger partial charge in [0.25, 0.3) is 0 Å². The summed E-state index contributed by atoms with van der Waals surface area (Å²) >= 11 is 1.71. The van der Waals surface area contributed by atoms with Gasteiger partial charge in [0.15, 0.2) is 5.78 Å². The van der Waals surface area contributed by atoms with Crippen LogP contribution in [0.3, 0.4) is 0 Å². The standard InChI is InChI=1S/C23H21NO2S/c1-16-23(22(26)12-9-17-6-3-2-4-7-17)20-14-18(25)10-11-21(20)24(16)15-19-8-5-13-27-19/h2-8,10-11,13-14,25H,9,12,15H2,1H3. The molecular formula is C23H21NO2S. The van der Waals surface area contributed by atoms with E-state index >= 15 is 0 Å². The van der Waals surface area contributed by atoms with E-state index in [2.05, 4.69) is 16.0 Å². The minimum Gasteiger partial charge on any atom is -0.508 e. The van der Waals surface area contributed by atoms with Gasteiger partial charge in [-0.05, 0) is 48.6 Å². The minimum absolute atomic E-state index is 0.122. The summed E-state index contributed by atoms with van der Waals surface area (Å²) in [5.41, 5.74) is 3.84. The molecule has 4 rings (SSSR count). The Bertz CT molecular complexity index is 1080. The predicted octanol–water partition coefficient (Wildman–Crippen LogP) is 5.58. The summed E-state index contributed by atoms with van der Waals surface area (Å²) in [6.45, 7) is 2.73. The van der Waals surface area contributed by atoms with Crippen LogP contribution in [-0.2, 0) is 13.0 Å². The normalized spacial score (nSPS) is 11.1. The topological polar surface area (TPSA) is 42.2 Å². The van der Waals surface area contributed by atoms with Crippen molar-refractivity contribution in [2.45, 2.75) is 26.3 Å². The van der Waals surface area contributed by atoms with E-state index in [1.165, 1.54) is 4.88 Å². The summed E-state index contributed by atoms with van der Waals surface area (Å²) in [6.07, 6.45) is 1.17. The summed E-state index contributed by atoms with van der Waals surface area (Å²) in [7, 11) is 0. The van der Waals surface area contributed by atoms with Crippen molar-refractivity contribution < 1.29 is 9.90 Å². The average molecular weight is 375 g/mol. The van der Waals surface area contributed by atoms with Crippen molar-refractivity contribution in [3.63, 3.8) is 0 Å². The summed E-state index contributed by atoms with van der Waals surface area (Å²) in [5, 5.41) is 12.9. The van der Waals surface area contributed by atoms with E-state index in [0.717, 1.165) is 40.7 Å². The minimum atomic E-state index is 0.122. The fourth-order valence-electron chi connectivity index (χ4n) is 3.61. The molecule has 0 atom stereocenters. The second-order valence-corrected chi connectivity index (χ2v) is 7.77. The van der Waals surface area contributed by atoms with E-state index in [-0.39, 0.29) is 11.5 Å². The third-order valence-corrected chi connectivity index (χ3v) is 5.82. The number of benzene rings is 2. The Hall–Kier alpha value is -2.85. The second kappa shape index (κ2) is 7.41. The van der Waals surface area contributed by atoms with Gasteiger partial charge in [-0.15, -0.1) is 11.3 Å². The molecule has 0 radical (unpaired) electrons. The molecule has 4 aromatic rings. The number of phenolic OH excluding ortho intramolecular Hbond substituents is 1. The highest BCUT2D eigenvalue weighted by Gasteiger charge is 2.20. The number of fused-ring (bicyclic) bond motifs is 1. The fraction of sp³-hybridized carbons (Fsp3) is 0.174. The zero-order valence-electron chi connectivity index (χ0n) is 15.2. The number of thiophene rings is 1. The van der Waals surface area contributed by atoms with Gasteiger partial charge in [0.05, 0.1) is 6.54 Å². The van der Waals surface area contributed by atoms with Gasteiger partial charge in [0.2, 0.25) is 0 Å². The van der Waals surface area contributed by atoms with E-state index in [0.29, 0.717) is 6.42 Å². The molecule has 4 heteroatoms. The molecule has 1 N–H and O–H groups in total. The van der Waals surface area contributed by atoms with Crippen molar-refractivity contribution in [1.29, 1.82) is 0 Å². The maximum atomic E-state index is 13.1. The van der Waals surface area contributed by atoms with Gasteiger partial charge in [-0.25, -0.2) is 0 Å². The molecule has 136 valence electrons. The molecule has 0 aliphatic rings. The largest absolute Gasteiger partial charge is 0.508 e. The van der Waals surface area contributed by atoms with Crippen LogP contribution in [0, 0.1) is 6.92 Å². The number of aryl methyl sites for hydroxylation is 1. The van der Waals surface area contributed by atoms with Gasteiger partial charge < -0.3 is 9.67 Å². The first-order chi connectivity index (χ1) is 13.1. The first-order valence-electron chi connectivity index (χ1n) is 9.05. The lowest BCUT2D eigenvalue weighted by molar-refractivity contribution is 0.0983. The van der Waals surface area contributed by atoms with Crippen LogP contribution in [0.25, 0.3) is 10.9 Å². The molecule has 2 aromatic heterocycles. The zero-order chi connectivity index (χ0) is 18.8. The molecule has 0 spiro atoms. The van der Waals surface area contributed by atoms with Gasteiger partial charge in [0, 0.05) is 33.5 Å². The van der Waals surface area contributed by atoms with Crippen LogP contribution >= 0.6 is 11.3 Å². The molecular weight excluding hydrogens is 354 g/mol. The fourth-order valence-corrected chi connectivity index (χ4v) is 4.30. The number of aromatic nitrogens is 1. The second-order valence-electron chi connectivity index (χ2n) is 6.74. The molecule has 0 saturated heterocycles. The van der Waals surface area contributed by atoms with Gasteiger partial charge in [-0.3, -0.25) is 4.79 Å². The molecule has 27 heavy (non-hydrogen) atoms. The molecule has 0 unspecified atom stereocenters. The first kappa shape index (κ1) is 17.6. The predicted molar refractivity (Wildman–Crippen MR) is 111 cm³/mol. The number of carbonyl (C=O) groups is 1. The summed E-state index contributed by atoms with van der Waals surface area (Å²) in [5.74, 6) is 0.310. The smallest absolute Gasteiger partial charge is 0.165 e. The zero-order valence-corrected chi connectivity index (χ0v) is 16.0. The Morgan fingerprint density at radius 2 is 1.89 bits per heavy atom. The van der Waals surface area contributed by atoms with E-state index in [9.17, 15) is 9.90 Å². The molecule has 2 heterocycles. The summed E-state index contributed by atoms with van der Waals surface area (Å²) in [4.78, 5) is 14.3. The van der Waals surface area contributed by atoms with E-state index in [1.807, 2.05) is 49.4 Å². The molecule has 0 amide bonds. The van der Waals surface area contributed by atoms with Crippen LogP contribution in [0.2, 0.25) is 0 Å². The summed E-state index contributed by atoms with van der Waals surface area (Å²) in [6, 6.07) is 19.5. The Balaban J connectivity index is 1.71. The number of phenols is 1. The quantitative estimate of drug-likeness (QED) is 0.447.